The van der Waals surface area contributed by atoms with Crippen LogP contribution in [0.15, 0.2) is 35.1 Å². The average Bonchev–Trinajstić information content (AvgIpc) is 2.81. The van der Waals surface area contributed by atoms with Crippen molar-refractivity contribution in [1.29, 1.82) is 0 Å². The van der Waals surface area contributed by atoms with Crippen molar-refractivity contribution in [3.8, 4) is 5.75 Å². The number of aromatic nitrogens is 2. The number of hydrogen-bond donors (Lipinski definition) is 2. The smallest absolute Gasteiger partial charge is 0.259 e. The molecule has 2 rings (SSSR count). The molecular formula is C11H10BrN3O2. The number of H-pyrrole nitrogens is 1. The summed E-state index contributed by atoms with van der Waals surface area (Å²) in [6.07, 6.45) is 3.13. The van der Waals surface area contributed by atoms with Crippen molar-refractivity contribution in [3.63, 3.8) is 0 Å². The van der Waals surface area contributed by atoms with Gasteiger partial charge in [0.1, 0.15) is 5.75 Å². The molecule has 0 aliphatic rings. The molecule has 0 bridgehead atoms. The molecule has 17 heavy (non-hydrogen) atoms. The number of hydrogen-bond acceptors (Lipinski definition) is 3. The summed E-state index contributed by atoms with van der Waals surface area (Å²) in [5.74, 6) is 0.274. The average molecular weight is 296 g/mol. The van der Waals surface area contributed by atoms with Crippen LogP contribution in [0.5, 0.6) is 5.75 Å². The van der Waals surface area contributed by atoms with E-state index >= 15 is 0 Å². The first-order chi connectivity index (χ1) is 8.20. The highest BCUT2D eigenvalue weighted by atomic mass is 79.9. The van der Waals surface area contributed by atoms with Crippen molar-refractivity contribution in [1.82, 2.24) is 10.2 Å². The number of halogens is 1. The Hall–Kier alpha value is -1.82. The molecule has 0 spiro atoms. The molecule has 0 radical (unpaired) electrons. The molecular weight excluding hydrogens is 286 g/mol. The van der Waals surface area contributed by atoms with E-state index in [0.717, 1.165) is 4.47 Å². The van der Waals surface area contributed by atoms with E-state index in [1.54, 1.807) is 24.4 Å². The number of aromatic amines is 1. The molecule has 0 saturated heterocycles. The summed E-state index contributed by atoms with van der Waals surface area (Å²) in [5, 5.41) is 9.07. The summed E-state index contributed by atoms with van der Waals surface area (Å²) >= 11 is 3.32. The molecule has 0 aliphatic carbocycles. The number of rotatable bonds is 3. The molecule has 2 aromatic rings. The summed E-state index contributed by atoms with van der Waals surface area (Å²) in [5.41, 5.74) is 1.08. The van der Waals surface area contributed by atoms with Gasteiger partial charge in [-0.05, 0) is 18.2 Å². The van der Waals surface area contributed by atoms with E-state index < -0.39 is 0 Å². The number of nitrogens with one attached hydrogen (secondary N) is 2. The van der Waals surface area contributed by atoms with E-state index in [1.165, 1.54) is 13.3 Å². The molecule has 0 fully saturated rings. The van der Waals surface area contributed by atoms with Crippen molar-refractivity contribution in [2.45, 2.75) is 0 Å². The number of benzene rings is 1. The Labute approximate surface area is 106 Å². The first kappa shape index (κ1) is 11.7. The number of ether oxygens (including phenoxy) is 1. The minimum atomic E-state index is -0.240. The zero-order valence-electron chi connectivity index (χ0n) is 9.03. The third-order valence-corrected chi connectivity index (χ3v) is 2.66. The number of carbonyl (C=O) groups excluding carboxylic acids is 1. The molecule has 0 atom stereocenters. The second-order valence-electron chi connectivity index (χ2n) is 3.29. The molecule has 1 aromatic heterocycles. The van der Waals surface area contributed by atoms with Crippen LogP contribution in [-0.4, -0.2) is 23.2 Å². The van der Waals surface area contributed by atoms with Gasteiger partial charge < -0.3 is 10.1 Å². The van der Waals surface area contributed by atoms with Gasteiger partial charge in [0.15, 0.2) is 0 Å². The maximum Gasteiger partial charge on any atom is 0.259 e. The van der Waals surface area contributed by atoms with E-state index in [1.807, 2.05) is 0 Å². The SMILES string of the molecule is COc1cc(Br)ccc1C(=O)Nc1cn[nH]c1. The first-order valence-electron chi connectivity index (χ1n) is 4.84. The number of nitrogens with zero attached hydrogens (tertiary/aromatic N) is 1. The Bertz CT molecular complexity index is 526. The van der Waals surface area contributed by atoms with Gasteiger partial charge in [0.05, 0.1) is 24.6 Å². The lowest BCUT2D eigenvalue weighted by Crippen LogP contribution is -2.12. The zero-order valence-corrected chi connectivity index (χ0v) is 10.6. The predicted molar refractivity (Wildman–Crippen MR) is 67.2 cm³/mol. The van der Waals surface area contributed by atoms with Crippen molar-refractivity contribution >= 4 is 27.5 Å². The highest BCUT2D eigenvalue weighted by Gasteiger charge is 2.12. The second-order valence-corrected chi connectivity index (χ2v) is 4.20. The van der Waals surface area contributed by atoms with Crippen LogP contribution in [0.4, 0.5) is 5.69 Å². The van der Waals surface area contributed by atoms with Gasteiger partial charge in [-0.3, -0.25) is 9.89 Å². The fourth-order valence-corrected chi connectivity index (χ4v) is 1.71. The Morgan fingerprint density at radius 2 is 2.35 bits per heavy atom. The molecule has 5 nitrogen and oxygen atoms in total. The van der Waals surface area contributed by atoms with Gasteiger partial charge in [0.2, 0.25) is 0 Å². The Balaban J connectivity index is 2.24. The first-order valence-corrected chi connectivity index (χ1v) is 5.63. The van der Waals surface area contributed by atoms with Crippen LogP contribution in [0.2, 0.25) is 0 Å². The van der Waals surface area contributed by atoms with Crippen LogP contribution in [0.1, 0.15) is 10.4 Å². The minimum absolute atomic E-state index is 0.240. The topological polar surface area (TPSA) is 67.0 Å². The van der Waals surface area contributed by atoms with Crippen LogP contribution in [0, 0.1) is 0 Å². The maximum atomic E-state index is 12.0. The van der Waals surface area contributed by atoms with Gasteiger partial charge in [-0.25, -0.2) is 0 Å². The molecule has 1 heterocycles. The molecule has 0 aliphatic heterocycles. The monoisotopic (exact) mass is 295 g/mol. The van der Waals surface area contributed by atoms with E-state index in [9.17, 15) is 4.79 Å². The highest BCUT2D eigenvalue weighted by molar-refractivity contribution is 9.10. The van der Waals surface area contributed by atoms with Gasteiger partial charge in [0.25, 0.3) is 5.91 Å². The summed E-state index contributed by atoms with van der Waals surface area (Å²) in [6.45, 7) is 0. The highest BCUT2D eigenvalue weighted by Crippen LogP contribution is 2.24. The van der Waals surface area contributed by atoms with E-state index in [2.05, 4.69) is 31.4 Å². The normalized spacial score (nSPS) is 10.0. The molecule has 1 aromatic carbocycles. The number of carbonyl (C=O) groups is 1. The number of amides is 1. The molecule has 6 heteroatoms. The molecule has 1 amide bonds. The summed E-state index contributed by atoms with van der Waals surface area (Å²) in [6, 6.07) is 5.22. The largest absolute Gasteiger partial charge is 0.496 e. The quantitative estimate of drug-likeness (QED) is 0.914. The van der Waals surface area contributed by atoms with Crippen LogP contribution in [0.25, 0.3) is 0 Å². The number of methoxy groups -OCH3 is 1. The summed E-state index contributed by atoms with van der Waals surface area (Å²) in [4.78, 5) is 12.0. The summed E-state index contributed by atoms with van der Waals surface area (Å²) < 4.78 is 6.01. The molecule has 0 saturated carbocycles. The Kier molecular flexibility index (Phi) is 3.43. The van der Waals surface area contributed by atoms with Gasteiger partial charge in [-0.1, -0.05) is 15.9 Å². The van der Waals surface area contributed by atoms with Crippen LogP contribution < -0.4 is 10.1 Å². The van der Waals surface area contributed by atoms with Crippen LogP contribution in [0.3, 0.4) is 0 Å². The molecule has 0 unspecified atom stereocenters. The molecule has 88 valence electrons. The lowest BCUT2D eigenvalue weighted by atomic mass is 10.2. The maximum absolute atomic E-state index is 12.0. The van der Waals surface area contributed by atoms with Gasteiger partial charge >= 0.3 is 0 Å². The van der Waals surface area contributed by atoms with Crippen molar-refractivity contribution in [3.05, 3.63) is 40.6 Å². The second kappa shape index (κ2) is 5.01. The lowest BCUT2D eigenvalue weighted by Gasteiger charge is -2.08. The summed E-state index contributed by atoms with van der Waals surface area (Å²) in [7, 11) is 1.52. The van der Waals surface area contributed by atoms with Gasteiger partial charge in [-0.2, -0.15) is 5.10 Å². The lowest BCUT2D eigenvalue weighted by molar-refractivity contribution is 0.102. The van der Waals surface area contributed by atoms with Crippen molar-refractivity contribution in [2.75, 3.05) is 12.4 Å². The van der Waals surface area contributed by atoms with Crippen molar-refractivity contribution in [2.24, 2.45) is 0 Å². The Morgan fingerprint density at radius 3 is 3.00 bits per heavy atom. The van der Waals surface area contributed by atoms with E-state index in [-0.39, 0.29) is 5.91 Å². The third-order valence-electron chi connectivity index (χ3n) is 2.16. The number of anilines is 1. The fourth-order valence-electron chi connectivity index (χ4n) is 1.37. The minimum Gasteiger partial charge on any atom is -0.496 e. The van der Waals surface area contributed by atoms with E-state index in [0.29, 0.717) is 17.0 Å². The zero-order chi connectivity index (χ0) is 12.3. The van der Waals surface area contributed by atoms with Crippen molar-refractivity contribution < 1.29 is 9.53 Å². The van der Waals surface area contributed by atoms with Gasteiger partial charge in [0, 0.05) is 10.7 Å². The molecule has 2 N–H and O–H groups in total. The predicted octanol–water partition coefficient (Wildman–Crippen LogP) is 2.43. The van der Waals surface area contributed by atoms with Gasteiger partial charge in [-0.15, -0.1) is 0 Å². The van der Waals surface area contributed by atoms with Crippen LogP contribution in [-0.2, 0) is 0 Å². The third kappa shape index (κ3) is 2.65. The standard InChI is InChI=1S/C11H10BrN3O2/c1-17-10-4-7(12)2-3-9(10)11(16)15-8-5-13-14-6-8/h2-6H,1H3,(H,13,14)(H,15,16). The Morgan fingerprint density at radius 1 is 1.53 bits per heavy atom. The fraction of sp³-hybridized carbons (Fsp3) is 0.0909. The van der Waals surface area contributed by atoms with E-state index in [4.69, 9.17) is 4.74 Å². The van der Waals surface area contributed by atoms with Crippen LogP contribution >= 0.6 is 15.9 Å².